The van der Waals surface area contributed by atoms with Crippen molar-refractivity contribution >= 4 is 27.6 Å². The van der Waals surface area contributed by atoms with Gasteiger partial charge in [-0.25, -0.2) is 17.9 Å². The number of halogens is 1. The van der Waals surface area contributed by atoms with Crippen molar-refractivity contribution < 1.29 is 22.8 Å². The van der Waals surface area contributed by atoms with Crippen LogP contribution >= 0.6 is 11.6 Å². The third kappa shape index (κ3) is 3.78. The maximum Gasteiger partial charge on any atom is 0.335 e. The maximum absolute atomic E-state index is 12.1. The van der Waals surface area contributed by atoms with Gasteiger partial charge in [0.25, 0.3) is 0 Å². The fourth-order valence-corrected chi connectivity index (χ4v) is 3.08. The number of aromatic carboxylic acids is 1. The van der Waals surface area contributed by atoms with E-state index in [2.05, 4.69) is 19.4 Å². The number of aromatic nitrogens is 2. The summed E-state index contributed by atoms with van der Waals surface area (Å²) in [6, 6.07) is 3.45. The number of benzene rings is 1. The minimum Gasteiger partial charge on any atom is -0.478 e. The quantitative estimate of drug-likeness (QED) is 0.807. The molecular formula is C11H10ClN3O5S. The Morgan fingerprint density at radius 2 is 2.19 bits per heavy atom. The summed E-state index contributed by atoms with van der Waals surface area (Å²) in [5.41, 5.74) is -0.169. The molecule has 2 rings (SSSR count). The summed E-state index contributed by atoms with van der Waals surface area (Å²) in [6.45, 7) is 0.0233. The molecule has 0 bridgehead atoms. The zero-order valence-corrected chi connectivity index (χ0v) is 12.1. The van der Waals surface area contributed by atoms with Crippen LogP contribution < -0.4 is 4.72 Å². The lowest BCUT2D eigenvalue weighted by Crippen LogP contribution is -2.26. The first-order valence-electron chi connectivity index (χ1n) is 5.68. The van der Waals surface area contributed by atoms with E-state index in [9.17, 15) is 13.2 Å². The van der Waals surface area contributed by atoms with E-state index in [1.807, 2.05) is 0 Å². The lowest BCUT2D eigenvalue weighted by atomic mass is 10.2. The molecule has 0 saturated heterocycles. The topological polar surface area (TPSA) is 122 Å². The van der Waals surface area contributed by atoms with Gasteiger partial charge in [-0.15, -0.1) is 0 Å². The molecule has 1 heterocycles. The Labute approximate surface area is 124 Å². The molecule has 0 aliphatic rings. The smallest absolute Gasteiger partial charge is 0.335 e. The van der Waals surface area contributed by atoms with E-state index in [1.165, 1.54) is 12.1 Å². The molecule has 2 aromatic rings. The van der Waals surface area contributed by atoms with Crippen molar-refractivity contribution in [3.63, 3.8) is 0 Å². The standard InChI is InChI=1S/C11H10ClN3O5S/c12-8-2-1-7(11(16)17)5-9(8)21(18,19)14-4-3-10-13-6-20-15-10/h1-2,5-6,14H,3-4H2,(H,16,17). The predicted molar refractivity (Wildman–Crippen MR) is 71.6 cm³/mol. The summed E-state index contributed by atoms with van der Waals surface area (Å²) < 4.78 is 31.0. The summed E-state index contributed by atoms with van der Waals surface area (Å²) in [4.78, 5) is 14.3. The van der Waals surface area contributed by atoms with Gasteiger partial charge < -0.3 is 9.63 Å². The van der Waals surface area contributed by atoms with Crippen molar-refractivity contribution in [1.29, 1.82) is 0 Å². The van der Waals surface area contributed by atoms with Crippen LogP contribution in [0.1, 0.15) is 16.2 Å². The highest BCUT2D eigenvalue weighted by Crippen LogP contribution is 2.22. The molecule has 0 amide bonds. The SMILES string of the molecule is O=C(O)c1ccc(Cl)c(S(=O)(=O)NCCc2ncon2)c1. The highest BCUT2D eigenvalue weighted by atomic mass is 35.5. The van der Waals surface area contributed by atoms with E-state index < -0.39 is 16.0 Å². The Morgan fingerprint density at radius 1 is 1.43 bits per heavy atom. The molecule has 1 aromatic heterocycles. The third-order valence-electron chi connectivity index (χ3n) is 2.52. The lowest BCUT2D eigenvalue weighted by molar-refractivity contribution is 0.0696. The molecule has 0 spiro atoms. The van der Waals surface area contributed by atoms with E-state index in [-0.39, 0.29) is 28.4 Å². The molecule has 8 nitrogen and oxygen atoms in total. The average Bonchev–Trinajstić information content (AvgIpc) is 2.91. The minimum absolute atomic E-state index is 0.0233. The minimum atomic E-state index is -3.93. The molecule has 0 aliphatic carbocycles. The molecule has 2 N–H and O–H groups in total. The Hall–Kier alpha value is -1.97. The summed E-state index contributed by atoms with van der Waals surface area (Å²) >= 11 is 5.81. The number of carboxylic acids is 1. The van der Waals surface area contributed by atoms with Gasteiger partial charge in [-0.1, -0.05) is 16.8 Å². The average molecular weight is 332 g/mol. The van der Waals surface area contributed by atoms with Gasteiger partial charge in [0.05, 0.1) is 10.6 Å². The lowest BCUT2D eigenvalue weighted by Gasteiger charge is -2.08. The monoisotopic (exact) mass is 331 g/mol. The van der Waals surface area contributed by atoms with E-state index in [1.54, 1.807) is 0 Å². The molecule has 21 heavy (non-hydrogen) atoms. The molecule has 0 fully saturated rings. The number of nitrogens with zero attached hydrogens (tertiary/aromatic N) is 2. The second kappa shape index (κ2) is 6.20. The Kier molecular flexibility index (Phi) is 4.56. The molecule has 0 unspecified atom stereocenters. The second-order valence-corrected chi connectivity index (χ2v) is 6.09. The van der Waals surface area contributed by atoms with Crippen molar-refractivity contribution in [3.8, 4) is 0 Å². The maximum atomic E-state index is 12.1. The molecule has 1 aromatic carbocycles. The van der Waals surface area contributed by atoms with Gasteiger partial charge in [-0.05, 0) is 18.2 Å². The summed E-state index contributed by atoms with van der Waals surface area (Å²) in [7, 11) is -3.93. The first kappa shape index (κ1) is 15.4. The highest BCUT2D eigenvalue weighted by molar-refractivity contribution is 7.89. The summed E-state index contributed by atoms with van der Waals surface area (Å²) in [5, 5.41) is 12.4. The zero-order chi connectivity index (χ0) is 15.5. The van der Waals surface area contributed by atoms with Crippen LogP contribution in [0.3, 0.4) is 0 Å². The molecule has 0 atom stereocenters. The van der Waals surface area contributed by atoms with Crippen molar-refractivity contribution in [2.45, 2.75) is 11.3 Å². The largest absolute Gasteiger partial charge is 0.478 e. The zero-order valence-electron chi connectivity index (χ0n) is 10.5. The normalized spacial score (nSPS) is 11.5. The summed E-state index contributed by atoms with van der Waals surface area (Å²) in [5.74, 6) is -0.891. The van der Waals surface area contributed by atoms with E-state index in [0.29, 0.717) is 5.82 Å². The van der Waals surface area contributed by atoms with Crippen LogP contribution in [-0.2, 0) is 16.4 Å². The van der Waals surface area contributed by atoms with Gasteiger partial charge in [0, 0.05) is 13.0 Å². The molecule has 0 saturated carbocycles. The number of rotatable bonds is 6. The van der Waals surface area contributed by atoms with Crippen LogP contribution in [0.2, 0.25) is 5.02 Å². The highest BCUT2D eigenvalue weighted by Gasteiger charge is 2.19. The first-order chi connectivity index (χ1) is 9.90. The Balaban J connectivity index is 2.15. The van der Waals surface area contributed by atoms with Crippen LogP contribution in [0.5, 0.6) is 0 Å². The van der Waals surface area contributed by atoms with Crippen molar-refractivity contribution in [1.82, 2.24) is 14.9 Å². The molecule has 10 heteroatoms. The Morgan fingerprint density at radius 3 is 2.81 bits per heavy atom. The fraction of sp³-hybridized carbons (Fsp3) is 0.182. The van der Waals surface area contributed by atoms with Crippen LogP contribution in [0, 0.1) is 0 Å². The number of hydrogen-bond acceptors (Lipinski definition) is 6. The van der Waals surface area contributed by atoms with Crippen LogP contribution in [0.15, 0.2) is 34.0 Å². The van der Waals surface area contributed by atoms with Crippen LogP contribution in [0.4, 0.5) is 0 Å². The number of nitrogens with one attached hydrogen (secondary N) is 1. The van der Waals surface area contributed by atoms with Gasteiger partial charge in [-0.2, -0.15) is 4.98 Å². The van der Waals surface area contributed by atoms with Gasteiger partial charge in [-0.3, -0.25) is 0 Å². The Bertz CT molecular complexity index is 745. The summed E-state index contributed by atoms with van der Waals surface area (Å²) in [6.07, 6.45) is 1.36. The number of carboxylic acid groups (broad SMARTS) is 1. The van der Waals surface area contributed by atoms with E-state index in [4.69, 9.17) is 16.7 Å². The van der Waals surface area contributed by atoms with E-state index in [0.717, 1.165) is 12.5 Å². The predicted octanol–water partition coefficient (Wildman–Crippen LogP) is 0.942. The first-order valence-corrected chi connectivity index (χ1v) is 7.54. The van der Waals surface area contributed by atoms with Crippen molar-refractivity contribution in [2.24, 2.45) is 0 Å². The molecule has 112 valence electrons. The molecular weight excluding hydrogens is 322 g/mol. The van der Waals surface area contributed by atoms with Gasteiger partial charge in [0.1, 0.15) is 4.90 Å². The molecule has 0 radical (unpaired) electrons. The number of hydrogen-bond donors (Lipinski definition) is 2. The van der Waals surface area contributed by atoms with Crippen molar-refractivity contribution in [3.05, 3.63) is 41.0 Å². The van der Waals surface area contributed by atoms with Gasteiger partial charge >= 0.3 is 5.97 Å². The van der Waals surface area contributed by atoms with Crippen molar-refractivity contribution in [2.75, 3.05) is 6.54 Å². The van der Waals surface area contributed by atoms with Gasteiger partial charge in [0.15, 0.2) is 5.82 Å². The van der Waals surface area contributed by atoms with Crippen LogP contribution in [0.25, 0.3) is 0 Å². The number of carbonyl (C=O) groups is 1. The third-order valence-corrected chi connectivity index (χ3v) is 4.46. The molecule has 0 aliphatic heterocycles. The van der Waals surface area contributed by atoms with Gasteiger partial charge in [0.2, 0.25) is 16.4 Å². The number of sulfonamides is 1. The van der Waals surface area contributed by atoms with Crippen LogP contribution in [-0.4, -0.2) is 36.2 Å². The fourth-order valence-electron chi connectivity index (χ4n) is 1.52. The second-order valence-electron chi connectivity index (χ2n) is 3.95. The van der Waals surface area contributed by atoms with E-state index >= 15 is 0 Å².